The molecule has 0 unspecified atom stereocenters. The van der Waals surface area contributed by atoms with E-state index in [0.717, 1.165) is 28.1 Å². The van der Waals surface area contributed by atoms with Gasteiger partial charge in [-0.2, -0.15) is 0 Å². The minimum absolute atomic E-state index is 0.00708. The SMILES string of the molecule is CCN(Cc1cc(C)ccc1-c1cc(CC(=O)O)ccc1OC)C(=O)Cn1ccnc1C. The second-order valence-electron chi connectivity index (χ2n) is 7.78. The second-order valence-corrected chi connectivity index (χ2v) is 7.78. The largest absolute Gasteiger partial charge is 0.496 e. The summed E-state index contributed by atoms with van der Waals surface area (Å²) in [6.07, 6.45) is 3.42. The van der Waals surface area contributed by atoms with Crippen molar-refractivity contribution in [2.24, 2.45) is 0 Å². The van der Waals surface area contributed by atoms with Gasteiger partial charge in [-0.1, -0.05) is 29.8 Å². The van der Waals surface area contributed by atoms with Crippen molar-refractivity contribution in [2.45, 2.75) is 40.3 Å². The Morgan fingerprint density at radius 3 is 2.53 bits per heavy atom. The van der Waals surface area contributed by atoms with Gasteiger partial charge in [-0.15, -0.1) is 0 Å². The van der Waals surface area contributed by atoms with Gasteiger partial charge in [-0.3, -0.25) is 9.59 Å². The van der Waals surface area contributed by atoms with Crippen molar-refractivity contribution < 1.29 is 19.4 Å². The van der Waals surface area contributed by atoms with Gasteiger partial charge in [-0.25, -0.2) is 4.98 Å². The summed E-state index contributed by atoms with van der Waals surface area (Å²) in [5.41, 5.74) is 4.49. The number of imidazole rings is 1. The van der Waals surface area contributed by atoms with Crippen LogP contribution in [-0.2, 0) is 29.1 Å². The van der Waals surface area contributed by atoms with E-state index in [-0.39, 0.29) is 18.9 Å². The van der Waals surface area contributed by atoms with Gasteiger partial charge in [0, 0.05) is 31.0 Å². The molecule has 0 aliphatic carbocycles. The number of hydrogen-bond donors (Lipinski definition) is 1. The fraction of sp³-hybridized carbons (Fsp3) is 0.320. The highest BCUT2D eigenvalue weighted by molar-refractivity contribution is 5.79. The van der Waals surface area contributed by atoms with Crippen LogP contribution in [0.1, 0.15) is 29.4 Å². The first-order valence-electron chi connectivity index (χ1n) is 10.6. The zero-order chi connectivity index (χ0) is 23.3. The molecule has 0 spiro atoms. The third-order valence-corrected chi connectivity index (χ3v) is 5.50. The third kappa shape index (κ3) is 5.35. The molecular formula is C25H29N3O4. The minimum atomic E-state index is -0.886. The van der Waals surface area contributed by atoms with Crippen molar-refractivity contribution in [3.8, 4) is 16.9 Å². The predicted molar refractivity (Wildman–Crippen MR) is 123 cm³/mol. The highest BCUT2D eigenvalue weighted by atomic mass is 16.5. The van der Waals surface area contributed by atoms with Crippen molar-refractivity contribution in [1.82, 2.24) is 14.5 Å². The van der Waals surface area contributed by atoms with E-state index in [4.69, 9.17) is 4.74 Å². The molecule has 3 aromatic rings. The minimum Gasteiger partial charge on any atom is -0.496 e. The Morgan fingerprint density at radius 2 is 1.91 bits per heavy atom. The monoisotopic (exact) mass is 435 g/mol. The molecule has 0 aliphatic rings. The van der Waals surface area contributed by atoms with Crippen LogP contribution in [0.25, 0.3) is 11.1 Å². The van der Waals surface area contributed by atoms with Crippen LogP contribution >= 0.6 is 0 Å². The van der Waals surface area contributed by atoms with E-state index < -0.39 is 5.97 Å². The molecule has 3 rings (SSSR count). The van der Waals surface area contributed by atoms with Gasteiger partial charge >= 0.3 is 5.97 Å². The number of aromatic nitrogens is 2. The van der Waals surface area contributed by atoms with E-state index >= 15 is 0 Å². The first kappa shape index (κ1) is 23.1. The fourth-order valence-corrected chi connectivity index (χ4v) is 3.76. The van der Waals surface area contributed by atoms with Crippen LogP contribution in [0.5, 0.6) is 5.75 Å². The van der Waals surface area contributed by atoms with Crippen LogP contribution < -0.4 is 4.74 Å². The number of aryl methyl sites for hydroxylation is 2. The summed E-state index contributed by atoms with van der Waals surface area (Å²) in [5.74, 6) is 0.578. The zero-order valence-electron chi connectivity index (χ0n) is 19.0. The van der Waals surface area contributed by atoms with E-state index in [1.54, 1.807) is 31.6 Å². The van der Waals surface area contributed by atoms with Crippen molar-refractivity contribution in [3.05, 3.63) is 71.3 Å². The van der Waals surface area contributed by atoms with E-state index in [9.17, 15) is 14.7 Å². The summed E-state index contributed by atoms with van der Waals surface area (Å²) in [6.45, 7) is 7.08. The van der Waals surface area contributed by atoms with Crippen molar-refractivity contribution in [2.75, 3.05) is 13.7 Å². The molecule has 0 saturated heterocycles. The second kappa shape index (κ2) is 10.1. The Hall–Kier alpha value is -3.61. The normalized spacial score (nSPS) is 10.8. The first-order valence-corrected chi connectivity index (χ1v) is 10.6. The quantitative estimate of drug-likeness (QED) is 0.552. The maximum Gasteiger partial charge on any atom is 0.307 e. The molecule has 7 heteroatoms. The van der Waals surface area contributed by atoms with Gasteiger partial charge in [0.15, 0.2) is 0 Å². The molecule has 0 saturated carbocycles. The van der Waals surface area contributed by atoms with Crippen LogP contribution in [0.2, 0.25) is 0 Å². The zero-order valence-corrected chi connectivity index (χ0v) is 19.0. The van der Waals surface area contributed by atoms with E-state index in [1.165, 1.54) is 0 Å². The molecule has 2 aromatic carbocycles. The van der Waals surface area contributed by atoms with Gasteiger partial charge in [0.05, 0.1) is 13.5 Å². The van der Waals surface area contributed by atoms with Gasteiger partial charge in [-0.05, 0) is 49.6 Å². The van der Waals surface area contributed by atoms with E-state index in [0.29, 0.717) is 24.4 Å². The van der Waals surface area contributed by atoms with Crippen LogP contribution in [-0.4, -0.2) is 45.1 Å². The smallest absolute Gasteiger partial charge is 0.307 e. The molecule has 1 aromatic heterocycles. The predicted octanol–water partition coefficient (Wildman–Crippen LogP) is 3.85. The standard InChI is InChI=1S/C25H29N3O4/c1-5-27(24(29)16-28-11-10-26-18(28)3)15-20-12-17(2)6-8-21(20)22-13-19(14-25(30)31)7-9-23(22)32-4/h6-13H,5,14-16H2,1-4H3,(H,30,31). The number of carbonyl (C=O) groups excluding carboxylic acids is 1. The fourth-order valence-electron chi connectivity index (χ4n) is 3.76. The first-order chi connectivity index (χ1) is 15.3. The maximum absolute atomic E-state index is 13.0. The molecule has 0 fully saturated rings. The van der Waals surface area contributed by atoms with Crippen LogP contribution in [0.3, 0.4) is 0 Å². The number of rotatable bonds is 9. The summed E-state index contributed by atoms with van der Waals surface area (Å²) < 4.78 is 7.40. The highest BCUT2D eigenvalue weighted by Gasteiger charge is 2.18. The van der Waals surface area contributed by atoms with Crippen molar-refractivity contribution in [1.29, 1.82) is 0 Å². The molecule has 0 aliphatic heterocycles. The lowest BCUT2D eigenvalue weighted by Gasteiger charge is -2.24. The van der Waals surface area contributed by atoms with Crippen molar-refractivity contribution >= 4 is 11.9 Å². The molecular weight excluding hydrogens is 406 g/mol. The Kier molecular flexibility index (Phi) is 7.30. The van der Waals surface area contributed by atoms with Gasteiger partial charge < -0.3 is 19.3 Å². The molecule has 0 bridgehead atoms. The summed E-state index contributed by atoms with van der Waals surface area (Å²) in [5, 5.41) is 9.20. The Labute approximate surface area is 188 Å². The topological polar surface area (TPSA) is 84.7 Å². The number of nitrogens with zero attached hydrogens (tertiary/aromatic N) is 3. The van der Waals surface area contributed by atoms with Gasteiger partial charge in [0.2, 0.25) is 5.91 Å². The number of methoxy groups -OCH3 is 1. The Morgan fingerprint density at radius 1 is 1.12 bits per heavy atom. The molecule has 1 N–H and O–H groups in total. The summed E-state index contributed by atoms with van der Waals surface area (Å²) in [7, 11) is 1.60. The number of carboxylic acid groups (broad SMARTS) is 1. The van der Waals surface area contributed by atoms with Crippen LogP contribution in [0, 0.1) is 13.8 Å². The molecule has 32 heavy (non-hydrogen) atoms. The average molecular weight is 436 g/mol. The molecule has 168 valence electrons. The summed E-state index contributed by atoms with van der Waals surface area (Å²) in [4.78, 5) is 30.2. The Bertz CT molecular complexity index is 1120. The highest BCUT2D eigenvalue weighted by Crippen LogP contribution is 2.34. The lowest BCUT2D eigenvalue weighted by molar-refractivity contribution is -0.136. The number of carbonyl (C=O) groups is 2. The number of aliphatic carboxylic acids is 1. The van der Waals surface area contributed by atoms with Gasteiger partial charge in [0.25, 0.3) is 0 Å². The maximum atomic E-state index is 13.0. The van der Waals surface area contributed by atoms with Crippen LogP contribution in [0.15, 0.2) is 48.8 Å². The van der Waals surface area contributed by atoms with Crippen LogP contribution in [0.4, 0.5) is 0 Å². The number of ether oxygens (including phenoxy) is 1. The lowest BCUT2D eigenvalue weighted by atomic mass is 9.94. The number of carboxylic acids is 1. The molecule has 7 nitrogen and oxygen atoms in total. The number of hydrogen-bond acceptors (Lipinski definition) is 4. The van der Waals surface area contributed by atoms with E-state index in [2.05, 4.69) is 11.1 Å². The molecule has 0 radical (unpaired) electrons. The summed E-state index contributed by atoms with van der Waals surface area (Å²) in [6, 6.07) is 11.5. The average Bonchev–Trinajstić information content (AvgIpc) is 3.15. The number of benzene rings is 2. The van der Waals surface area contributed by atoms with Gasteiger partial charge in [0.1, 0.15) is 18.1 Å². The number of amides is 1. The molecule has 0 atom stereocenters. The lowest BCUT2D eigenvalue weighted by Crippen LogP contribution is -2.33. The van der Waals surface area contributed by atoms with E-state index in [1.807, 2.05) is 48.4 Å². The third-order valence-electron chi connectivity index (χ3n) is 5.50. The number of likely N-dealkylation sites (N-methyl/N-ethyl adjacent to an activating group) is 1. The summed E-state index contributed by atoms with van der Waals surface area (Å²) >= 11 is 0. The molecule has 1 amide bonds. The molecule has 1 heterocycles. The van der Waals surface area contributed by atoms with Crippen molar-refractivity contribution in [3.63, 3.8) is 0 Å². The Balaban J connectivity index is 1.96.